The number of benzene rings is 1. The molecule has 2 N–H and O–H groups in total. The number of aromatic carboxylic acids is 1. The molecule has 8 nitrogen and oxygen atoms in total. The maximum atomic E-state index is 11.3. The van der Waals surface area contributed by atoms with Crippen LogP contribution in [-0.2, 0) is 11.6 Å². The Labute approximate surface area is 171 Å². The standard InChI is InChI=1S/C20H22N2O4.O2S/c1-4-14(5-2)25-17-10-15(26-18-7-6-12(3)11-21-18)8-13-9-16(20(23)24)22-19(13)17;1-3-2/h6-11,14,22H,4-5H2,1-3H3,(H,23,24);. The van der Waals surface area contributed by atoms with Gasteiger partial charge in [-0.3, -0.25) is 0 Å². The lowest BCUT2D eigenvalue weighted by Gasteiger charge is -2.17. The van der Waals surface area contributed by atoms with Gasteiger partial charge in [-0.2, -0.15) is 8.42 Å². The van der Waals surface area contributed by atoms with E-state index in [0.29, 0.717) is 28.3 Å². The topological polar surface area (TPSA) is 119 Å². The highest BCUT2D eigenvalue weighted by Gasteiger charge is 2.16. The van der Waals surface area contributed by atoms with Gasteiger partial charge in [0.1, 0.15) is 17.2 Å². The zero-order valence-corrected chi connectivity index (χ0v) is 17.1. The number of carboxylic acid groups (broad SMARTS) is 1. The average Bonchev–Trinajstić information content (AvgIpc) is 3.13. The van der Waals surface area contributed by atoms with Crippen LogP contribution >= 0.6 is 0 Å². The fourth-order valence-electron chi connectivity index (χ4n) is 2.72. The number of fused-ring (bicyclic) bond motifs is 1. The van der Waals surface area contributed by atoms with Crippen molar-refractivity contribution in [3.63, 3.8) is 0 Å². The van der Waals surface area contributed by atoms with Crippen LogP contribution in [0.3, 0.4) is 0 Å². The zero-order valence-electron chi connectivity index (χ0n) is 16.3. The van der Waals surface area contributed by atoms with Gasteiger partial charge in [-0.25, -0.2) is 9.78 Å². The minimum Gasteiger partial charge on any atom is -0.488 e. The molecular formula is C20H22N2O6S. The number of rotatable bonds is 7. The van der Waals surface area contributed by atoms with E-state index in [1.807, 2.05) is 13.0 Å². The summed E-state index contributed by atoms with van der Waals surface area (Å²) in [6.45, 7) is 6.07. The van der Waals surface area contributed by atoms with E-state index in [0.717, 1.165) is 18.4 Å². The Kier molecular flexibility index (Phi) is 7.90. The highest BCUT2D eigenvalue weighted by molar-refractivity contribution is 7.51. The summed E-state index contributed by atoms with van der Waals surface area (Å²) in [5, 5.41) is 9.98. The Balaban J connectivity index is 0.000000941. The number of carboxylic acids is 1. The van der Waals surface area contributed by atoms with Crippen molar-refractivity contribution in [1.29, 1.82) is 0 Å². The molecular weight excluding hydrogens is 396 g/mol. The van der Waals surface area contributed by atoms with E-state index in [4.69, 9.17) is 17.9 Å². The van der Waals surface area contributed by atoms with Crippen molar-refractivity contribution in [3.8, 4) is 17.4 Å². The number of H-pyrrole nitrogens is 1. The molecule has 0 saturated heterocycles. The Morgan fingerprint density at radius 1 is 1.21 bits per heavy atom. The summed E-state index contributed by atoms with van der Waals surface area (Å²) in [4.78, 5) is 18.5. The third-order valence-electron chi connectivity index (χ3n) is 4.21. The number of nitrogens with zero attached hydrogens (tertiary/aromatic N) is 1. The highest BCUT2D eigenvalue weighted by Crippen LogP contribution is 2.34. The number of aromatic amines is 1. The lowest BCUT2D eigenvalue weighted by molar-refractivity contribution is 0.0691. The minimum atomic E-state index is -1.02. The van der Waals surface area contributed by atoms with E-state index in [9.17, 15) is 9.90 Å². The molecule has 0 amide bonds. The van der Waals surface area contributed by atoms with Gasteiger partial charge in [-0.05, 0) is 37.5 Å². The normalized spacial score (nSPS) is 10.3. The largest absolute Gasteiger partial charge is 0.488 e. The Morgan fingerprint density at radius 3 is 2.45 bits per heavy atom. The molecule has 3 rings (SSSR count). The molecule has 0 bridgehead atoms. The van der Waals surface area contributed by atoms with E-state index in [-0.39, 0.29) is 11.8 Å². The SMILES string of the molecule is CCC(CC)Oc1cc(Oc2ccc(C)cn2)cc2cc(C(=O)O)[nH]c12.O=S=O. The number of carbonyl (C=O) groups is 1. The summed E-state index contributed by atoms with van der Waals surface area (Å²) < 4.78 is 28.5. The Hall–Kier alpha value is -3.20. The predicted octanol–water partition coefficient (Wildman–Crippen LogP) is 4.26. The van der Waals surface area contributed by atoms with Gasteiger partial charge in [0.25, 0.3) is 0 Å². The maximum absolute atomic E-state index is 11.3. The summed E-state index contributed by atoms with van der Waals surface area (Å²) in [6, 6.07) is 8.83. The monoisotopic (exact) mass is 418 g/mol. The molecule has 2 aromatic heterocycles. The lowest BCUT2D eigenvalue weighted by atomic mass is 10.2. The molecule has 0 spiro atoms. The first-order valence-electron chi connectivity index (χ1n) is 9.00. The van der Waals surface area contributed by atoms with Gasteiger partial charge in [-0.1, -0.05) is 19.9 Å². The molecule has 3 aromatic rings. The number of aryl methyl sites for hydroxylation is 1. The average molecular weight is 418 g/mol. The van der Waals surface area contributed by atoms with Crippen molar-refractivity contribution in [2.24, 2.45) is 0 Å². The van der Waals surface area contributed by atoms with Crippen LogP contribution in [0.2, 0.25) is 0 Å². The molecule has 0 aliphatic rings. The number of aromatic nitrogens is 2. The highest BCUT2D eigenvalue weighted by atomic mass is 32.1. The van der Waals surface area contributed by atoms with E-state index in [2.05, 4.69) is 23.8 Å². The molecule has 0 unspecified atom stereocenters. The fraction of sp³-hybridized carbons (Fsp3) is 0.300. The molecule has 0 aliphatic heterocycles. The fourth-order valence-corrected chi connectivity index (χ4v) is 2.72. The number of hydrogen-bond acceptors (Lipinski definition) is 6. The molecule has 0 saturated carbocycles. The summed E-state index contributed by atoms with van der Waals surface area (Å²) in [5.41, 5.74) is 1.81. The van der Waals surface area contributed by atoms with Crippen LogP contribution in [0.15, 0.2) is 36.5 Å². The summed E-state index contributed by atoms with van der Waals surface area (Å²) in [7, 11) is 0. The van der Waals surface area contributed by atoms with E-state index < -0.39 is 17.5 Å². The third-order valence-corrected chi connectivity index (χ3v) is 4.21. The minimum absolute atomic E-state index is 0.0440. The van der Waals surface area contributed by atoms with Crippen LogP contribution in [0, 0.1) is 6.92 Å². The first-order valence-corrected chi connectivity index (χ1v) is 9.67. The Bertz CT molecular complexity index is 1010. The quantitative estimate of drug-likeness (QED) is 0.588. The van der Waals surface area contributed by atoms with Crippen molar-refractivity contribution >= 4 is 28.4 Å². The van der Waals surface area contributed by atoms with Gasteiger partial charge in [0, 0.05) is 23.7 Å². The van der Waals surface area contributed by atoms with Gasteiger partial charge in [0.2, 0.25) is 5.88 Å². The molecule has 1 aromatic carbocycles. The Morgan fingerprint density at radius 2 is 1.90 bits per heavy atom. The van der Waals surface area contributed by atoms with E-state index in [1.165, 1.54) is 0 Å². The molecule has 0 atom stereocenters. The van der Waals surface area contributed by atoms with E-state index >= 15 is 0 Å². The molecule has 9 heteroatoms. The third kappa shape index (κ3) is 5.89. The van der Waals surface area contributed by atoms with Crippen LogP contribution in [0.1, 0.15) is 42.7 Å². The van der Waals surface area contributed by atoms with Crippen LogP contribution in [-0.4, -0.2) is 35.6 Å². The van der Waals surface area contributed by atoms with Crippen molar-refractivity contribution in [3.05, 3.63) is 47.8 Å². The molecule has 0 radical (unpaired) electrons. The zero-order chi connectivity index (χ0) is 21.4. The number of nitrogens with one attached hydrogen (secondary N) is 1. The van der Waals surface area contributed by atoms with Crippen LogP contribution in [0.5, 0.6) is 17.4 Å². The van der Waals surface area contributed by atoms with Gasteiger partial charge in [-0.15, -0.1) is 0 Å². The van der Waals surface area contributed by atoms with Crippen LogP contribution in [0.25, 0.3) is 10.9 Å². The van der Waals surface area contributed by atoms with Gasteiger partial charge < -0.3 is 19.6 Å². The first-order chi connectivity index (χ1) is 13.9. The molecule has 154 valence electrons. The number of hydrogen-bond donors (Lipinski definition) is 2. The van der Waals surface area contributed by atoms with Gasteiger partial charge in [0.15, 0.2) is 0 Å². The molecule has 2 heterocycles. The lowest BCUT2D eigenvalue weighted by Crippen LogP contribution is -2.13. The summed E-state index contributed by atoms with van der Waals surface area (Å²) >= 11 is -0.750. The molecule has 0 aliphatic carbocycles. The number of ether oxygens (including phenoxy) is 2. The molecule has 0 fully saturated rings. The number of pyridine rings is 1. The first kappa shape index (κ1) is 22.1. The molecule has 29 heavy (non-hydrogen) atoms. The summed E-state index contributed by atoms with van der Waals surface area (Å²) in [6.07, 6.45) is 3.49. The van der Waals surface area contributed by atoms with E-state index in [1.54, 1.807) is 30.5 Å². The summed E-state index contributed by atoms with van der Waals surface area (Å²) in [5.74, 6) is 0.575. The van der Waals surface area contributed by atoms with Crippen molar-refractivity contribution in [1.82, 2.24) is 9.97 Å². The van der Waals surface area contributed by atoms with Gasteiger partial charge in [0.05, 0.1) is 11.6 Å². The van der Waals surface area contributed by atoms with Crippen LogP contribution < -0.4 is 9.47 Å². The smallest absolute Gasteiger partial charge is 0.352 e. The van der Waals surface area contributed by atoms with Gasteiger partial charge >= 0.3 is 17.5 Å². The second-order valence-electron chi connectivity index (χ2n) is 6.27. The predicted molar refractivity (Wildman–Crippen MR) is 108 cm³/mol. The van der Waals surface area contributed by atoms with Crippen molar-refractivity contribution < 1.29 is 27.8 Å². The second kappa shape index (κ2) is 10.4. The van der Waals surface area contributed by atoms with Crippen LogP contribution in [0.4, 0.5) is 0 Å². The maximum Gasteiger partial charge on any atom is 0.352 e. The second-order valence-corrected chi connectivity index (χ2v) is 6.41. The van der Waals surface area contributed by atoms with Crippen molar-refractivity contribution in [2.45, 2.75) is 39.7 Å². The van der Waals surface area contributed by atoms with Crippen molar-refractivity contribution in [2.75, 3.05) is 0 Å².